The monoisotopic (exact) mass is 310 g/mol. The first-order valence-corrected chi connectivity index (χ1v) is 7.22. The first-order chi connectivity index (χ1) is 9.45. The summed E-state index contributed by atoms with van der Waals surface area (Å²) in [5.41, 5.74) is 6.73. The van der Waals surface area contributed by atoms with E-state index in [1.165, 1.54) is 11.8 Å². The second-order valence-electron chi connectivity index (χ2n) is 4.34. The van der Waals surface area contributed by atoms with E-state index in [4.69, 9.17) is 17.3 Å². The summed E-state index contributed by atoms with van der Waals surface area (Å²) in [6.45, 7) is 1.83. The van der Waals surface area contributed by atoms with Gasteiger partial charge in [-0.3, -0.25) is 9.48 Å². The van der Waals surface area contributed by atoms with Crippen molar-refractivity contribution in [1.82, 2.24) is 9.78 Å². The van der Waals surface area contributed by atoms with Crippen LogP contribution in [0.2, 0.25) is 5.02 Å². The fourth-order valence-electron chi connectivity index (χ4n) is 1.58. The number of anilines is 2. The Morgan fingerprint density at radius 2 is 2.30 bits per heavy atom. The summed E-state index contributed by atoms with van der Waals surface area (Å²) in [6.07, 6.45) is 3.59. The molecule has 0 fully saturated rings. The van der Waals surface area contributed by atoms with E-state index < -0.39 is 0 Å². The fourth-order valence-corrected chi connectivity index (χ4v) is 2.72. The maximum absolute atomic E-state index is 12.1. The number of carbonyl (C=O) groups excluding carboxylic acids is 1. The molecule has 1 unspecified atom stereocenters. The largest absolute Gasteiger partial charge is 0.399 e. The minimum absolute atomic E-state index is 0.120. The molecular formula is C13H15ClN4OS. The number of nitrogens with zero attached hydrogens (tertiary/aromatic N) is 2. The Morgan fingerprint density at radius 1 is 1.55 bits per heavy atom. The van der Waals surface area contributed by atoms with Gasteiger partial charge in [0.15, 0.2) is 0 Å². The summed E-state index contributed by atoms with van der Waals surface area (Å²) in [6, 6.07) is 4.99. The summed E-state index contributed by atoms with van der Waals surface area (Å²) in [4.78, 5) is 13.1. The molecule has 1 aromatic heterocycles. The standard InChI is InChI=1S/C13H15ClN4OS/c1-8(20-10-6-16-18(2)7-10)13(19)17-12-4-3-9(15)5-11(12)14/h3-8H,15H2,1-2H3,(H,17,19). The van der Waals surface area contributed by atoms with Crippen molar-refractivity contribution in [2.24, 2.45) is 7.05 Å². The molecule has 0 saturated carbocycles. The maximum atomic E-state index is 12.1. The van der Waals surface area contributed by atoms with Crippen LogP contribution in [-0.4, -0.2) is 20.9 Å². The molecule has 0 saturated heterocycles. The average Bonchev–Trinajstić information content (AvgIpc) is 2.78. The van der Waals surface area contributed by atoms with Gasteiger partial charge in [0.1, 0.15) is 0 Å². The number of rotatable bonds is 4. The number of hydrogen-bond acceptors (Lipinski definition) is 4. The molecular weight excluding hydrogens is 296 g/mol. The van der Waals surface area contributed by atoms with Crippen LogP contribution in [-0.2, 0) is 11.8 Å². The molecule has 2 aromatic rings. The lowest BCUT2D eigenvalue weighted by molar-refractivity contribution is -0.115. The van der Waals surface area contributed by atoms with Gasteiger partial charge in [-0.05, 0) is 25.1 Å². The number of thioether (sulfide) groups is 1. The van der Waals surface area contributed by atoms with Gasteiger partial charge in [0.05, 0.1) is 22.2 Å². The highest BCUT2D eigenvalue weighted by Crippen LogP contribution is 2.27. The third-order valence-electron chi connectivity index (χ3n) is 2.61. The van der Waals surface area contributed by atoms with E-state index in [0.29, 0.717) is 16.4 Å². The first kappa shape index (κ1) is 14.7. The summed E-state index contributed by atoms with van der Waals surface area (Å²) in [5, 5.41) is 7.03. The normalized spacial score (nSPS) is 12.2. The van der Waals surface area contributed by atoms with Crippen molar-refractivity contribution in [2.45, 2.75) is 17.1 Å². The molecule has 1 atom stereocenters. The number of benzene rings is 1. The van der Waals surface area contributed by atoms with Crippen molar-refractivity contribution in [3.8, 4) is 0 Å². The molecule has 1 amide bonds. The zero-order valence-corrected chi connectivity index (χ0v) is 12.7. The number of nitrogens with two attached hydrogens (primary N) is 1. The van der Waals surface area contributed by atoms with E-state index in [0.717, 1.165) is 4.90 Å². The van der Waals surface area contributed by atoms with Crippen molar-refractivity contribution in [3.05, 3.63) is 35.6 Å². The number of nitrogens with one attached hydrogen (secondary N) is 1. The Hall–Kier alpha value is -1.66. The number of aromatic nitrogens is 2. The molecule has 0 bridgehead atoms. The van der Waals surface area contributed by atoms with Gasteiger partial charge in [-0.25, -0.2) is 0 Å². The summed E-state index contributed by atoms with van der Waals surface area (Å²) >= 11 is 7.46. The van der Waals surface area contributed by atoms with E-state index in [1.807, 2.05) is 20.2 Å². The lowest BCUT2D eigenvalue weighted by Crippen LogP contribution is -2.22. The molecule has 1 heterocycles. The van der Waals surface area contributed by atoms with Crippen LogP contribution in [0, 0.1) is 0 Å². The molecule has 106 valence electrons. The predicted octanol–water partition coefficient (Wildman–Crippen LogP) is 2.78. The molecule has 1 aromatic carbocycles. The van der Waals surface area contributed by atoms with Gasteiger partial charge in [0.25, 0.3) is 0 Å². The smallest absolute Gasteiger partial charge is 0.237 e. The van der Waals surface area contributed by atoms with Crippen molar-refractivity contribution >= 4 is 40.6 Å². The fraction of sp³-hybridized carbons (Fsp3) is 0.231. The summed E-state index contributed by atoms with van der Waals surface area (Å²) < 4.78 is 1.70. The Balaban J connectivity index is 2.00. The predicted molar refractivity (Wildman–Crippen MR) is 83.0 cm³/mol. The SMILES string of the molecule is CC(Sc1cnn(C)c1)C(=O)Nc1ccc(N)cc1Cl. The highest BCUT2D eigenvalue weighted by Gasteiger charge is 2.16. The third kappa shape index (κ3) is 3.68. The van der Waals surface area contributed by atoms with Crippen molar-refractivity contribution in [3.63, 3.8) is 0 Å². The van der Waals surface area contributed by atoms with Crippen LogP contribution in [0.5, 0.6) is 0 Å². The first-order valence-electron chi connectivity index (χ1n) is 5.97. The number of aryl methyl sites for hydroxylation is 1. The molecule has 20 heavy (non-hydrogen) atoms. The van der Waals surface area contributed by atoms with E-state index in [9.17, 15) is 4.79 Å². The highest BCUT2D eigenvalue weighted by atomic mass is 35.5. The number of halogens is 1. The van der Waals surface area contributed by atoms with E-state index >= 15 is 0 Å². The molecule has 3 N–H and O–H groups in total. The van der Waals surface area contributed by atoms with Gasteiger partial charge in [0, 0.05) is 23.8 Å². The molecule has 0 radical (unpaired) electrons. The van der Waals surface area contributed by atoms with Crippen LogP contribution in [0.1, 0.15) is 6.92 Å². The van der Waals surface area contributed by atoms with Crippen LogP contribution in [0.15, 0.2) is 35.5 Å². The van der Waals surface area contributed by atoms with Gasteiger partial charge < -0.3 is 11.1 Å². The minimum atomic E-state index is -0.257. The second-order valence-corrected chi connectivity index (χ2v) is 6.16. The van der Waals surface area contributed by atoms with Crippen molar-refractivity contribution in [1.29, 1.82) is 0 Å². The topological polar surface area (TPSA) is 72.9 Å². The van der Waals surface area contributed by atoms with Crippen LogP contribution >= 0.6 is 23.4 Å². The Kier molecular flexibility index (Phi) is 4.57. The molecule has 5 nitrogen and oxygen atoms in total. The van der Waals surface area contributed by atoms with Crippen molar-refractivity contribution < 1.29 is 4.79 Å². The Morgan fingerprint density at radius 3 is 2.90 bits per heavy atom. The maximum Gasteiger partial charge on any atom is 0.237 e. The third-order valence-corrected chi connectivity index (χ3v) is 3.98. The molecule has 7 heteroatoms. The number of nitrogen functional groups attached to an aromatic ring is 1. The molecule has 0 aliphatic carbocycles. The Labute approximate surface area is 126 Å². The van der Waals surface area contributed by atoms with Gasteiger partial charge in [-0.15, -0.1) is 11.8 Å². The van der Waals surface area contributed by atoms with E-state index in [1.54, 1.807) is 29.1 Å². The van der Waals surface area contributed by atoms with Crippen LogP contribution in [0.3, 0.4) is 0 Å². The quantitative estimate of drug-likeness (QED) is 0.673. The molecule has 0 aliphatic rings. The van der Waals surface area contributed by atoms with Crippen molar-refractivity contribution in [2.75, 3.05) is 11.1 Å². The van der Waals surface area contributed by atoms with Gasteiger partial charge in [-0.1, -0.05) is 11.6 Å². The van der Waals surface area contributed by atoms with Crippen LogP contribution in [0.25, 0.3) is 0 Å². The summed E-state index contributed by atoms with van der Waals surface area (Å²) in [7, 11) is 1.84. The lowest BCUT2D eigenvalue weighted by Gasteiger charge is -2.12. The van der Waals surface area contributed by atoms with E-state index in [2.05, 4.69) is 10.4 Å². The number of amides is 1. The van der Waals surface area contributed by atoms with Gasteiger partial charge in [0.2, 0.25) is 5.91 Å². The molecule has 0 spiro atoms. The second kappa shape index (κ2) is 6.19. The minimum Gasteiger partial charge on any atom is -0.399 e. The van der Waals surface area contributed by atoms with E-state index in [-0.39, 0.29) is 11.2 Å². The summed E-state index contributed by atoms with van der Waals surface area (Å²) in [5.74, 6) is -0.120. The number of hydrogen-bond donors (Lipinski definition) is 2. The highest BCUT2D eigenvalue weighted by molar-refractivity contribution is 8.00. The van der Waals surface area contributed by atoms with Gasteiger partial charge in [-0.2, -0.15) is 5.10 Å². The average molecular weight is 311 g/mol. The molecule has 0 aliphatic heterocycles. The van der Waals surface area contributed by atoms with Gasteiger partial charge >= 0.3 is 0 Å². The number of carbonyl (C=O) groups is 1. The van der Waals surface area contributed by atoms with Crippen LogP contribution < -0.4 is 11.1 Å². The zero-order valence-electron chi connectivity index (χ0n) is 11.1. The molecule has 2 rings (SSSR count). The lowest BCUT2D eigenvalue weighted by atomic mass is 10.2. The Bertz CT molecular complexity index is 629. The van der Waals surface area contributed by atoms with Crippen LogP contribution in [0.4, 0.5) is 11.4 Å². The zero-order chi connectivity index (χ0) is 14.7.